The first-order chi connectivity index (χ1) is 9.08. The quantitative estimate of drug-likeness (QED) is 0.686. The summed E-state index contributed by atoms with van der Waals surface area (Å²) < 4.78 is 5.02. The number of nitrogens with one attached hydrogen (secondary N) is 1. The molecule has 0 saturated carbocycles. The predicted octanol–water partition coefficient (Wildman–Crippen LogP) is 2.02. The fraction of sp³-hybridized carbons (Fsp3) is 0.154. The van der Waals surface area contributed by atoms with Gasteiger partial charge in [0, 0.05) is 17.3 Å². The zero-order valence-electron chi connectivity index (χ0n) is 10.5. The van der Waals surface area contributed by atoms with Crippen LogP contribution in [0.3, 0.4) is 0 Å². The first-order valence-corrected chi connectivity index (χ1v) is 6.34. The number of methoxy groups -OCH3 is 1. The molecule has 0 saturated heterocycles. The molecule has 0 aliphatic rings. The van der Waals surface area contributed by atoms with Crippen molar-refractivity contribution in [3.8, 4) is 5.75 Å². The van der Waals surface area contributed by atoms with E-state index in [2.05, 4.69) is 9.97 Å². The molecule has 1 heterocycles. The number of hydrogen-bond acceptors (Lipinski definition) is 5. The third-order valence-corrected chi connectivity index (χ3v) is 3.17. The molecular weight excluding hydrogens is 264 g/mol. The monoisotopic (exact) mass is 276 g/mol. The fourth-order valence-electron chi connectivity index (χ4n) is 1.47. The molecule has 0 unspecified atom stereocenters. The summed E-state index contributed by atoms with van der Waals surface area (Å²) in [6.45, 7) is 1.71. The lowest BCUT2D eigenvalue weighted by atomic mass is 10.2. The number of carbonyl (C=O) groups is 1. The third kappa shape index (κ3) is 3.45. The van der Waals surface area contributed by atoms with Crippen molar-refractivity contribution in [2.45, 2.75) is 12.1 Å². The third-order valence-electron chi connectivity index (χ3n) is 2.36. The van der Waals surface area contributed by atoms with Gasteiger partial charge in [0.25, 0.3) is 5.56 Å². The highest BCUT2D eigenvalue weighted by molar-refractivity contribution is 8.14. The second-order valence-corrected chi connectivity index (χ2v) is 4.77. The summed E-state index contributed by atoms with van der Waals surface area (Å²) in [4.78, 5) is 29.9. The predicted molar refractivity (Wildman–Crippen MR) is 72.8 cm³/mol. The standard InChI is InChI=1S/C13H12N2O3S/c1-8-7-11(16)15-13(14-8)19-12(17)9-3-5-10(18-2)6-4-9/h3-7H,1-2H3,(H,14,15,16). The second-order valence-electron chi connectivity index (χ2n) is 3.81. The molecule has 0 aliphatic heterocycles. The maximum absolute atomic E-state index is 12.0. The number of hydrogen-bond donors (Lipinski definition) is 1. The molecule has 98 valence electrons. The van der Waals surface area contributed by atoms with Crippen molar-refractivity contribution < 1.29 is 9.53 Å². The number of aromatic amines is 1. The smallest absolute Gasteiger partial charge is 0.251 e. The van der Waals surface area contributed by atoms with Crippen molar-refractivity contribution in [3.63, 3.8) is 0 Å². The van der Waals surface area contributed by atoms with Crippen LogP contribution in [0, 0.1) is 6.92 Å². The van der Waals surface area contributed by atoms with Crippen LogP contribution in [0.1, 0.15) is 16.1 Å². The Hall–Kier alpha value is -2.08. The molecule has 6 heteroatoms. The number of thioether (sulfide) groups is 1. The lowest BCUT2D eigenvalue weighted by Crippen LogP contribution is -2.09. The first kappa shape index (κ1) is 13.4. The normalized spacial score (nSPS) is 10.2. The van der Waals surface area contributed by atoms with Gasteiger partial charge in [-0.25, -0.2) is 4.98 Å². The Labute approximate surface area is 114 Å². The average molecular weight is 276 g/mol. The van der Waals surface area contributed by atoms with Crippen LogP contribution in [0.5, 0.6) is 5.75 Å². The van der Waals surface area contributed by atoms with Crippen molar-refractivity contribution in [1.82, 2.24) is 9.97 Å². The Morgan fingerprint density at radius 2 is 2.00 bits per heavy atom. The molecule has 19 heavy (non-hydrogen) atoms. The van der Waals surface area contributed by atoms with Gasteiger partial charge >= 0.3 is 0 Å². The number of aromatic nitrogens is 2. The molecule has 0 fully saturated rings. The van der Waals surface area contributed by atoms with E-state index in [9.17, 15) is 9.59 Å². The van der Waals surface area contributed by atoms with Gasteiger partial charge in [-0.1, -0.05) is 0 Å². The summed E-state index contributed by atoms with van der Waals surface area (Å²) in [6, 6.07) is 8.13. The van der Waals surface area contributed by atoms with Crippen molar-refractivity contribution in [3.05, 3.63) is 51.9 Å². The van der Waals surface area contributed by atoms with Crippen molar-refractivity contribution in [2.75, 3.05) is 7.11 Å². The van der Waals surface area contributed by atoms with Crippen LogP contribution in [0.4, 0.5) is 0 Å². The minimum atomic E-state index is -0.266. The number of rotatable bonds is 3. The Morgan fingerprint density at radius 1 is 1.32 bits per heavy atom. The molecule has 2 rings (SSSR count). The molecule has 0 aliphatic carbocycles. The van der Waals surface area contributed by atoms with Crippen molar-refractivity contribution >= 4 is 16.9 Å². The maximum atomic E-state index is 12.0. The number of benzene rings is 1. The molecule has 5 nitrogen and oxygen atoms in total. The molecule has 2 aromatic rings. The van der Waals surface area contributed by atoms with Crippen molar-refractivity contribution in [2.24, 2.45) is 0 Å². The molecule has 0 bridgehead atoms. The van der Waals surface area contributed by atoms with Gasteiger partial charge in [-0.15, -0.1) is 0 Å². The van der Waals surface area contributed by atoms with Crippen LogP contribution >= 0.6 is 11.8 Å². The topological polar surface area (TPSA) is 72.0 Å². The van der Waals surface area contributed by atoms with E-state index >= 15 is 0 Å². The Balaban J connectivity index is 2.17. The molecule has 0 spiro atoms. The minimum absolute atomic E-state index is 0.184. The van der Waals surface area contributed by atoms with Gasteiger partial charge in [-0.2, -0.15) is 0 Å². The number of ether oxygens (including phenoxy) is 1. The van der Waals surface area contributed by atoms with Gasteiger partial charge < -0.3 is 9.72 Å². The maximum Gasteiger partial charge on any atom is 0.251 e. The molecule has 0 radical (unpaired) electrons. The largest absolute Gasteiger partial charge is 0.497 e. The summed E-state index contributed by atoms with van der Waals surface area (Å²) in [7, 11) is 1.56. The van der Waals surface area contributed by atoms with Crippen LogP contribution in [-0.2, 0) is 0 Å². The van der Waals surface area contributed by atoms with E-state index < -0.39 is 0 Å². The zero-order chi connectivity index (χ0) is 13.8. The van der Waals surface area contributed by atoms with Crippen LogP contribution in [-0.4, -0.2) is 22.2 Å². The van der Waals surface area contributed by atoms with Crippen molar-refractivity contribution in [1.29, 1.82) is 0 Å². The fourth-order valence-corrected chi connectivity index (χ4v) is 2.24. The summed E-state index contributed by atoms with van der Waals surface area (Å²) in [5, 5.41) is 0.113. The van der Waals surface area contributed by atoms with E-state index in [1.807, 2.05) is 0 Å². The molecule has 0 amide bonds. The van der Waals surface area contributed by atoms with Gasteiger partial charge in [-0.05, 0) is 43.0 Å². The number of H-pyrrole nitrogens is 1. The van der Waals surface area contributed by atoms with Crippen LogP contribution in [0.25, 0.3) is 0 Å². The lowest BCUT2D eigenvalue weighted by Gasteiger charge is -2.02. The average Bonchev–Trinajstić information content (AvgIpc) is 2.37. The molecule has 1 aromatic heterocycles. The van der Waals surface area contributed by atoms with Gasteiger partial charge in [0.2, 0.25) is 5.12 Å². The summed E-state index contributed by atoms with van der Waals surface area (Å²) in [5.74, 6) is 0.684. The van der Waals surface area contributed by atoms with Gasteiger partial charge in [0.05, 0.1) is 7.11 Å². The Kier molecular flexibility index (Phi) is 4.01. The highest BCUT2D eigenvalue weighted by atomic mass is 32.2. The lowest BCUT2D eigenvalue weighted by molar-refractivity contribution is 0.108. The molecule has 1 aromatic carbocycles. The Bertz CT molecular complexity index is 650. The Morgan fingerprint density at radius 3 is 2.58 bits per heavy atom. The van der Waals surface area contributed by atoms with E-state index in [-0.39, 0.29) is 10.7 Å². The van der Waals surface area contributed by atoms with Gasteiger partial charge in [0.15, 0.2) is 5.16 Å². The molecule has 1 N–H and O–H groups in total. The highest BCUT2D eigenvalue weighted by Gasteiger charge is 2.10. The summed E-state index contributed by atoms with van der Waals surface area (Å²) in [5.41, 5.74) is 0.835. The van der Waals surface area contributed by atoms with E-state index in [0.29, 0.717) is 22.2 Å². The summed E-state index contributed by atoms with van der Waals surface area (Å²) >= 11 is 0.892. The first-order valence-electron chi connectivity index (χ1n) is 5.52. The van der Waals surface area contributed by atoms with Gasteiger partial charge in [0.1, 0.15) is 5.75 Å². The van der Waals surface area contributed by atoms with Crippen LogP contribution in [0.2, 0.25) is 0 Å². The van der Waals surface area contributed by atoms with E-state index in [1.54, 1.807) is 38.3 Å². The number of carbonyl (C=O) groups excluding carboxylic acids is 1. The summed E-state index contributed by atoms with van der Waals surface area (Å²) in [6.07, 6.45) is 0. The van der Waals surface area contributed by atoms with E-state index in [1.165, 1.54) is 6.07 Å². The SMILES string of the molecule is COc1ccc(C(=O)Sc2nc(C)cc(=O)[nH]2)cc1. The highest BCUT2D eigenvalue weighted by Crippen LogP contribution is 2.20. The van der Waals surface area contributed by atoms with Gasteiger partial charge in [-0.3, -0.25) is 9.59 Å². The van der Waals surface area contributed by atoms with Crippen LogP contribution < -0.4 is 10.3 Å². The van der Waals surface area contributed by atoms with E-state index in [4.69, 9.17) is 4.74 Å². The molecular formula is C13H12N2O3S. The zero-order valence-corrected chi connectivity index (χ0v) is 11.3. The van der Waals surface area contributed by atoms with E-state index in [0.717, 1.165) is 11.8 Å². The number of nitrogens with zero attached hydrogens (tertiary/aromatic N) is 1. The minimum Gasteiger partial charge on any atom is -0.497 e. The van der Waals surface area contributed by atoms with Crippen LogP contribution in [0.15, 0.2) is 40.3 Å². The number of aryl methyl sites for hydroxylation is 1. The second kappa shape index (κ2) is 5.71. The molecule has 0 atom stereocenters.